The summed E-state index contributed by atoms with van der Waals surface area (Å²) in [5.74, 6) is 0. The van der Waals surface area contributed by atoms with Crippen molar-refractivity contribution in [1.82, 2.24) is 4.57 Å². The van der Waals surface area contributed by atoms with Crippen LogP contribution in [-0.2, 0) is 6.54 Å². The Kier molecular flexibility index (Phi) is 2.32. The van der Waals surface area contributed by atoms with Gasteiger partial charge in [0.1, 0.15) is 0 Å². The number of hydrogen-bond acceptors (Lipinski definition) is 0. The van der Waals surface area contributed by atoms with Crippen molar-refractivity contribution in [1.29, 1.82) is 0 Å². The Bertz CT molecular complexity index is 220. The normalized spacial score (nSPS) is 11.0. The largest absolute Gasteiger partial charge is 0.348 e. The molecule has 1 nitrogen and oxygen atoms in total. The zero-order valence-corrected chi connectivity index (χ0v) is 6.54. The van der Waals surface area contributed by atoms with Gasteiger partial charge in [0.15, 0.2) is 0 Å². The minimum atomic E-state index is 0.995. The Morgan fingerprint density at radius 3 is 2.90 bits per heavy atom. The SMILES string of the molecule is CC=CCn1cccc1C. The number of aromatic nitrogens is 1. The maximum absolute atomic E-state index is 2.21. The van der Waals surface area contributed by atoms with E-state index in [1.54, 1.807) is 0 Å². The van der Waals surface area contributed by atoms with Crippen molar-refractivity contribution in [2.75, 3.05) is 0 Å². The van der Waals surface area contributed by atoms with Crippen molar-refractivity contribution in [3.8, 4) is 0 Å². The molecule has 1 aromatic heterocycles. The molecule has 0 N–H and O–H groups in total. The number of nitrogens with zero attached hydrogens (tertiary/aromatic N) is 1. The highest BCUT2D eigenvalue weighted by molar-refractivity contribution is 5.05. The van der Waals surface area contributed by atoms with Gasteiger partial charge in [-0.25, -0.2) is 0 Å². The van der Waals surface area contributed by atoms with Crippen molar-refractivity contribution in [3.05, 3.63) is 36.2 Å². The monoisotopic (exact) mass is 135 g/mol. The van der Waals surface area contributed by atoms with Gasteiger partial charge in [-0.3, -0.25) is 0 Å². The summed E-state index contributed by atoms with van der Waals surface area (Å²) in [4.78, 5) is 0. The fourth-order valence-corrected chi connectivity index (χ4v) is 0.923. The molecule has 0 aromatic carbocycles. The van der Waals surface area contributed by atoms with Gasteiger partial charge in [-0.15, -0.1) is 0 Å². The summed E-state index contributed by atoms with van der Waals surface area (Å²) in [6, 6.07) is 4.18. The molecular weight excluding hydrogens is 122 g/mol. The maximum atomic E-state index is 2.21. The predicted octanol–water partition coefficient (Wildman–Crippen LogP) is 2.37. The molecule has 1 heterocycles. The molecule has 0 bridgehead atoms. The van der Waals surface area contributed by atoms with Gasteiger partial charge >= 0.3 is 0 Å². The van der Waals surface area contributed by atoms with E-state index in [-0.39, 0.29) is 0 Å². The molecule has 0 atom stereocenters. The zero-order valence-electron chi connectivity index (χ0n) is 6.54. The zero-order chi connectivity index (χ0) is 7.40. The second-order valence-corrected chi connectivity index (χ2v) is 2.37. The van der Waals surface area contributed by atoms with E-state index in [9.17, 15) is 0 Å². The van der Waals surface area contributed by atoms with Crippen LogP contribution in [0.4, 0.5) is 0 Å². The summed E-state index contributed by atoms with van der Waals surface area (Å²) in [6.45, 7) is 5.15. The van der Waals surface area contributed by atoms with Crippen LogP contribution in [0, 0.1) is 6.92 Å². The molecule has 0 amide bonds. The second-order valence-electron chi connectivity index (χ2n) is 2.37. The Morgan fingerprint density at radius 1 is 1.60 bits per heavy atom. The number of allylic oxidation sites excluding steroid dienone is 2. The lowest BCUT2D eigenvalue weighted by atomic mass is 10.4. The molecule has 1 heteroatoms. The van der Waals surface area contributed by atoms with Gasteiger partial charge in [0.2, 0.25) is 0 Å². The third-order valence-corrected chi connectivity index (χ3v) is 1.59. The number of aryl methyl sites for hydroxylation is 1. The van der Waals surface area contributed by atoms with Crippen LogP contribution in [0.1, 0.15) is 12.6 Å². The lowest BCUT2D eigenvalue weighted by Crippen LogP contribution is -1.94. The highest BCUT2D eigenvalue weighted by atomic mass is 14.9. The van der Waals surface area contributed by atoms with E-state index < -0.39 is 0 Å². The summed E-state index contributed by atoms with van der Waals surface area (Å²) in [5.41, 5.74) is 1.32. The molecular formula is C9H13N. The molecule has 0 aliphatic rings. The summed E-state index contributed by atoms with van der Waals surface area (Å²) in [5, 5.41) is 0. The summed E-state index contributed by atoms with van der Waals surface area (Å²) < 4.78 is 2.21. The van der Waals surface area contributed by atoms with Crippen LogP contribution in [-0.4, -0.2) is 4.57 Å². The molecule has 0 saturated heterocycles. The Morgan fingerprint density at radius 2 is 2.40 bits per heavy atom. The van der Waals surface area contributed by atoms with Gasteiger partial charge < -0.3 is 4.57 Å². The molecule has 1 aromatic rings. The van der Waals surface area contributed by atoms with Crippen LogP contribution < -0.4 is 0 Å². The second kappa shape index (κ2) is 3.25. The van der Waals surface area contributed by atoms with Crippen molar-refractivity contribution >= 4 is 0 Å². The minimum Gasteiger partial charge on any atom is -0.348 e. The standard InChI is InChI=1S/C9H13N/c1-3-4-7-10-8-5-6-9(10)2/h3-6,8H,7H2,1-2H3. The molecule has 0 saturated carbocycles. The third kappa shape index (κ3) is 1.50. The maximum Gasteiger partial charge on any atom is 0.0402 e. The first kappa shape index (κ1) is 7.13. The van der Waals surface area contributed by atoms with Crippen LogP contribution >= 0.6 is 0 Å². The molecule has 0 unspecified atom stereocenters. The van der Waals surface area contributed by atoms with E-state index in [1.807, 2.05) is 6.92 Å². The van der Waals surface area contributed by atoms with Crippen molar-refractivity contribution in [2.45, 2.75) is 20.4 Å². The third-order valence-electron chi connectivity index (χ3n) is 1.59. The first-order valence-electron chi connectivity index (χ1n) is 3.57. The molecule has 0 aliphatic heterocycles. The fraction of sp³-hybridized carbons (Fsp3) is 0.333. The average molecular weight is 135 g/mol. The Balaban J connectivity index is 2.65. The van der Waals surface area contributed by atoms with E-state index in [4.69, 9.17) is 0 Å². The minimum absolute atomic E-state index is 0.995. The van der Waals surface area contributed by atoms with Crippen molar-refractivity contribution in [2.24, 2.45) is 0 Å². The van der Waals surface area contributed by atoms with E-state index in [1.165, 1.54) is 5.69 Å². The molecule has 10 heavy (non-hydrogen) atoms. The lowest BCUT2D eigenvalue weighted by molar-refractivity contribution is 0.796. The van der Waals surface area contributed by atoms with Gasteiger partial charge in [0.05, 0.1) is 0 Å². The van der Waals surface area contributed by atoms with Gasteiger partial charge in [0.25, 0.3) is 0 Å². The molecule has 0 aliphatic carbocycles. The van der Waals surface area contributed by atoms with E-state index in [0.717, 1.165) is 6.54 Å². The first-order chi connectivity index (χ1) is 4.84. The van der Waals surface area contributed by atoms with E-state index >= 15 is 0 Å². The van der Waals surface area contributed by atoms with Gasteiger partial charge in [-0.1, -0.05) is 12.2 Å². The van der Waals surface area contributed by atoms with Gasteiger partial charge in [-0.05, 0) is 26.0 Å². The summed E-state index contributed by atoms with van der Waals surface area (Å²) in [6.07, 6.45) is 6.31. The summed E-state index contributed by atoms with van der Waals surface area (Å²) >= 11 is 0. The molecule has 54 valence electrons. The molecule has 1 rings (SSSR count). The van der Waals surface area contributed by atoms with Crippen LogP contribution in [0.3, 0.4) is 0 Å². The summed E-state index contributed by atoms with van der Waals surface area (Å²) in [7, 11) is 0. The topological polar surface area (TPSA) is 4.93 Å². The van der Waals surface area contributed by atoms with Crippen LogP contribution in [0.15, 0.2) is 30.5 Å². The average Bonchev–Trinajstić information content (AvgIpc) is 2.31. The number of rotatable bonds is 2. The van der Waals surface area contributed by atoms with E-state index in [2.05, 4.69) is 42.0 Å². The van der Waals surface area contributed by atoms with Crippen LogP contribution in [0.25, 0.3) is 0 Å². The lowest BCUT2D eigenvalue weighted by Gasteiger charge is -1.99. The first-order valence-corrected chi connectivity index (χ1v) is 3.57. The van der Waals surface area contributed by atoms with Crippen molar-refractivity contribution in [3.63, 3.8) is 0 Å². The molecule has 0 fully saturated rings. The van der Waals surface area contributed by atoms with E-state index in [0.29, 0.717) is 0 Å². The van der Waals surface area contributed by atoms with Gasteiger partial charge in [-0.2, -0.15) is 0 Å². The quantitative estimate of drug-likeness (QED) is 0.549. The Hall–Kier alpha value is -0.980. The molecule has 0 radical (unpaired) electrons. The predicted molar refractivity (Wildman–Crippen MR) is 44.0 cm³/mol. The Labute approximate surface area is 62.0 Å². The number of hydrogen-bond donors (Lipinski definition) is 0. The fourth-order valence-electron chi connectivity index (χ4n) is 0.923. The highest BCUT2D eigenvalue weighted by Crippen LogP contribution is 1.99. The smallest absolute Gasteiger partial charge is 0.0402 e. The highest BCUT2D eigenvalue weighted by Gasteiger charge is 1.88. The van der Waals surface area contributed by atoms with Crippen molar-refractivity contribution < 1.29 is 0 Å². The van der Waals surface area contributed by atoms with Crippen LogP contribution in [0.2, 0.25) is 0 Å². The van der Waals surface area contributed by atoms with Crippen LogP contribution in [0.5, 0.6) is 0 Å². The van der Waals surface area contributed by atoms with Gasteiger partial charge in [0, 0.05) is 18.4 Å². The molecule has 0 spiro atoms.